The summed E-state index contributed by atoms with van der Waals surface area (Å²) >= 11 is 0. The highest BCUT2D eigenvalue weighted by Crippen LogP contribution is 2.07. The summed E-state index contributed by atoms with van der Waals surface area (Å²) in [4.78, 5) is 0. The first-order valence-electron chi connectivity index (χ1n) is 4.46. The largest absolute Gasteiger partial charge is 0.497 e. The van der Waals surface area contributed by atoms with E-state index in [0.717, 1.165) is 25.5 Å². The fraction of sp³-hybridized carbons (Fsp3) is 0.778. The van der Waals surface area contributed by atoms with Crippen molar-refractivity contribution in [3.8, 4) is 0 Å². The Balaban J connectivity index is 2.09. The Labute approximate surface area is 68.6 Å². The van der Waals surface area contributed by atoms with E-state index in [1.807, 2.05) is 0 Å². The molecule has 0 unspecified atom stereocenters. The molecule has 0 aromatic rings. The molecule has 1 aliphatic rings. The summed E-state index contributed by atoms with van der Waals surface area (Å²) in [5, 5.41) is 3.31. The van der Waals surface area contributed by atoms with Gasteiger partial charge in [-0.15, -0.1) is 0 Å². The Hall–Kier alpha value is -0.500. The SMILES string of the molecule is CCCNCC1=CCCCO1. The van der Waals surface area contributed by atoms with Crippen molar-refractivity contribution in [1.82, 2.24) is 5.32 Å². The van der Waals surface area contributed by atoms with Gasteiger partial charge in [-0.05, 0) is 31.9 Å². The van der Waals surface area contributed by atoms with Gasteiger partial charge in [0.05, 0.1) is 13.2 Å². The van der Waals surface area contributed by atoms with Crippen molar-refractivity contribution < 1.29 is 4.74 Å². The zero-order valence-electron chi connectivity index (χ0n) is 7.23. The topological polar surface area (TPSA) is 21.3 Å². The van der Waals surface area contributed by atoms with Gasteiger partial charge in [-0.1, -0.05) is 6.92 Å². The normalized spacial score (nSPS) is 17.4. The van der Waals surface area contributed by atoms with Crippen molar-refractivity contribution in [2.45, 2.75) is 26.2 Å². The summed E-state index contributed by atoms with van der Waals surface area (Å²) < 4.78 is 5.42. The van der Waals surface area contributed by atoms with Crippen LogP contribution in [0.4, 0.5) is 0 Å². The Morgan fingerprint density at radius 1 is 1.64 bits per heavy atom. The number of hydrogen-bond donors (Lipinski definition) is 1. The molecule has 64 valence electrons. The third kappa shape index (κ3) is 3.42. The van der Waals surface area contributed by atoms with Gasteiger partial charge in [0.2, 0.25) is 0 Å². The number of hydrogen-bond acceptors (Lipinski definition) is 2. The monoisotopic (exact) mass is 155 g/mol. The molecular formula is C9H17NO. The second-order valence-corrected chi connectivity index (χ2v) is 2.84. The van der Waals surface area contributed by atoms with Crippen LogP contribution in [-0.4, -0.2) is 19.7 Å². The standard InChI is InChI=1S/C9H17NO/c1-2-6-10-8-9-5-3-4-7-11-9/h5,10H,2-4,6-8H2,1H3. The summed E-state index contributed by atoms with van der Waals surface area (Å²) in [6.07, 6.45) is 5.74. The second kappa shape index (κ2) is 5.19. The lowest BCUT2D eigenvalue weighted by molar-refractivity contribution is 0.186. The lowest BCUT2D eigenvalue weighted by atomic mass is 10.2. The van der Waals surface area contributed by atoms with Gasteiger partial charge in [0.1, 0.15) is 5.76 Å². The van der Waals surface area contributed by atoms with Crippen LogP contribution in [0, 0.1) is 0 Å². The maximum Gasteiger partial charge on any atom is 0.106 e. The van der Waals surface area contributed by atoms with Gasteiger partial charge >= 0.3 is 0 Å². The average molecular weight is 155 g/mol. The minimum absolute atomic E-state index is 0.902. The van der Waals surface area contributed by atoms with E-state index in [1.165, 1.54) is 19.3 Å². The molecule has 0 aliphatic carbocycles. The first-order chi connectivity index (χ1) is 5.43. The summed E-state index contributed by atoms with van der Waals surface area (Å²) in [5.41, 5.74) is 0. The first-order valence-corrected chi connectivity index (χ1v) is 4.46. The molecule has 0 amide bonds. The quantitative estimate of drug-likeness (QED) is 0.624. The number of ether oxygens (including phenoxy) is 1. The highest BCUT2D eigenvalue weighted by molar-refractivity contribution is 4.97. The molecule has 0 aromatic carbocycles. The van der Waals surface area contributed by atoms with Crippen molar-refractivity contribution >= 4 is 0 Å². The molecule has 11 heavy (non-hydrogen) atoms. The van der Waals surface area contributed by atoms with Crippen LogP contribution in [0.1, 0.15) is 26.2 Å². The van der Waals surface area contributed by atoms with Gasteiger partial charge < -0.3 is 10.1 Å². The molecule has 0 radical (unpaired) electrons. The van der Waals surface area contributed by atoms with Crippen molar-refractivity contribution in [3.63, 3.8) is 0 Å². The third-order valence-corrected chi connectivity index (χ3v) is 1.73. The second-order valence-electron chi connectivity index (χ2n) is 2.84. The molecule has 0 aromatic heterocycles. The number of rotatable bonds is 4. The van der Waals surface area contributed by atoms with Crippen molar-refractivity contribution in [3.05, 3.63) is 11.8 Å². The fourth-order valence-electron chi connectivity index (χ4n) is 1.12. The summed E-state index contributed by atoms with van der Waals surface area (Å²) in [7, 11) is 0. The Kier molecular flexibility index (Phi) is 4.06. The fourth-order valence-corrected chi connectivity index (χ4v) is 1.12. The van der Waals surface area contributed by atoms with E-state index in [4.69, 9.17) is 4.74 Å². The summed E-state index contributed by atoms with van der Waals surface area (Å²) in [5.74, 6) is 1.13. The molecule has 1 heterocycles. The zero-order valence-corrected chi connectivity index (χ0v) is 7.23. The van der Waals surface area contributed by atoms with Crippen molar-refractivity contribution in [1.29, 1.82) is 0 Å². The smallest absolute Gasteiger partial charge is 0.106 e. The van der Waals surface area contributed by atoms with E-state index in [9.17, 15) is 0 Å². The summed E-state index contributed by atoms with van der Waals surface area (Å²) in [6.45, 7) is 5.07. The minimum Gasteiger partial charge on any atom is -0.497 e. The lowest BCUT2D eigenvalue weighted by Gasteiger charge is -2.14. The molecule has 0 fully saturated rings. The number of nitrogens with one attached hydrogen (secondary N) is 1. The predicted octanol–water partition coefficient (Wildman–Crippen LogP) is 1.68. The molecule has 2 nitrogen and oxygen atoms in total. The van der Waals surface area contributed by atoms with Crippen molar-refractivity contribution in [2.24, 2.45) is 0 Å². The van der Waals surface area contributed by atoms with E-state index in [1.54, 1.807) is 0 Å². The van der Waals surface area contributed by atoms with E-state index in [-0.39, 0.29) is 0 Å². The van der Waals surface area contributed by atoms with Crippen LogP contribution >= 0.6 is 0 Å². The maximum absolute atomic E-state index is 5.42. The van der Waals surface area contributed by atoms with Crippen LogP contribution in [0.5, 0.6) is 0 Å². The Morgan fingerprint density at radius 2 is 2.55 bits per heavy atom. The van der Waals surface area contributed by atoms with Gasteiger partial charge in [0.15, 0.2) is 0 Å². The highest BCUT2D eigenvalue weighted by atomic mass is 16.5. The zero-order chi connectivity index (χ0) is 7.94. The Bertz CT molecular complexity index is 132. The average Bonchev–Trinajstić information content (AvgIpc) is 2.07. The van der Waals surface area contributed by atoms with E-state index in [2.05, 4.69) is 18.3 Å². The number of allylic oxidation sites excluding steroid dienone is 1. The van der Waals surface area contributed by atoms with E-state index in [0.29, 0.717) is 0 Å². The van der Waals surface area contributed by atoms with Crippen LogP contribution in [-0.2, 0) is 4.74 Å². The molecule has 1 N–H and O–H groups in total. The van der Waals surface area contributed by atoms with Gasteiger partial charge in [-0.3, -0.25) is 0 Å². The van der Waals surface area contributed by atoms with Gasteiger partial charge in [0, 0.05) is 0 Å². The molecule has 1 aliphatic heterocycles. The van der Waals surface area contributed by atoms with Crippen LogP contribution in [0.25, 0.3) is 0 Å². The lowest BCUT2D eigenvalue weighted by Crippen LogP contribution is -2.20. The molecule has 0 bridgehead atoms. The van der Waals surface area contributed by atoms with Gasteiger partial charge in [-0.2, -0.15) is 0 Å². The van der Waals surface area contributed by atoms with Crippen LogP contribution in [0.15, 0.2) is 11.8 Å². The molecule has 0 atom stereocenters. The molecule has 0 saturated carbocycles. The summed E-state index contributed by atoms with van der Waals surface area (Å²) in [6, 6.07) is 0. The molecule has 1 rings (SSSR count). The molecule has 2 heteroatoms. The van der Waals surface area contributed by atoms with Crippen molar-refractivity contribution in [2.75, 3.05) is 19.7 Å². The minimum atomic E-state index is 0.902. The maximum atomic E-state index is 5.42. The highest BCUT2D eigenvalue weighted by Gasteiger charge is 2.01. The van der Waals surface area contributed by atoms with E-state index < -0.39 is 0 Å². The molecular weight excluding hydrogens is 138 g/mol. The third-order valence-electron chi connectivity index (χ3n) is 1.73. The van der Waals surface area contributed by atoms with Crippen LogP contribution < -0.4 is 5.32 Å². The molecule has 0 spiro atoms. The first kappa shape index (κ1) is 8.60. The van der Waals surface area contributed by atoms with Crippen LogP contribution in [0.2, 0.25) is 0 Å². The molecule has 0 saturated heterocycles. The predicted molar refractivity (Wildman–Crippen MR) is 46.4 cm³/mol. The van der Waals surface area contributed by atoms with Gasteiger partial charge in [0.25, 0.3) is 0 Å². The Morgan fingerprint density at radius 3 is 3.18 bits per heavy atom. The van der Waals surface area contributed by atoms with Gasteiger partial charge in [-0.25, -0.2) is 0 Å². The van der Waals surface area contributed by atoms with Crippen LogP contribution in [0.3, 0.4) is 0 Å². The van der Waals surface area contributed by atoms with E-state index >= 15 is 0 Å².